The molecule has 1 atom stereocenters. The Morgan fingerprint density at radius 3 is 2.12 bits per heavy atom. The molecule has 0 saturated heterocycles. The molecule has 180 valence electrons. The van der Waals surface area contributed by atoms with Gasteiger partial charge >= 0.3 is 0 Å². The van der Waals surface area contributed by atoms with E-state index in [0.29, 0.717) is 24.4 Å². The van der Waals surface area contributed by atoms with Gasteiger partial charge in [-0.25, -0.2) is 0 Å². The van der Waals surface area contributed by atoms with E-state index in [1.54, 1.807) is 12.1 Å². The minimum Gasteiger partial charge on any atom is -0.354 e. The predicted molar refractivity (Wildman–Crippen MR) is 131 cm³/mol. The molecule has 6 nitrogen and oxygen atoms in total. The molecule has 3 N–H and O–H groups in total. The van der Waals surface area contributed by atoms with Crippen LogP contribution in [0.1, 0.15) is 94.5 Å². The second-order valence-electron chi connectivity index (χ2n) is 9.04. The van der Waals surface area contributed by atoms with Gasteiger partial charge in [-0.15, -0.1) is 0 Å². The molecule has 0 aliphatic heterocycles. The second kappa shape index (κ2) is 16.3. The molecule has 0 aliphatic carbocycles. The third-order valence-corrected chi connectivity index (χ3v) is 5.46. The molecule has 0 saturated carbocycles. The summed E-state index contributed by atoms with van der Waals surface area (Å²) in [5.41, 5.74) is 1.60. The highest BCUT2D eigenvalue weighted by molar-refractivity contribution is 5.95. The maximum atomic E-state index is 12.7. The second-order valence-corrected chi connectivity index (χ2v) is 9.04. The molecule has 0 fully saturated rings. The van der Waals surface area contributed by atoms with E-state index in [1.165, 1.54) is 25.7 Å². The van der Waals surface area contributed by atoms with Crippen molar-refractivity contribution in [1.82, 2.24) is 16.0 Å². The Balaban J connectivity index is 2.53. The fourth-order valence-corrected chi connectivity index (χ4v) is 3.33. The standard InChI is InChI=1S/C26H43N3O3/c1-5-6-7-8-9-10-11-12-24(30)29-23(26(32)27-18-17-20(2)3)19-28-25(31)22-15-13-21(4)14-16-22/h13-16,20,23H,5-12,17-19H2,1-4H3,(H,27,32)(H,28,31)(H,29,30)/t23-/m0/s1. The Kier molecular flexibility index (Phi) is 14.1. The summed E-state index contributed by atoms with van der Waals surface area (Å²) in [7, 11) is 0. The summed E-state index contributed by atoms with van der Waals surface area (Å²) < 4.78 is 0. The number of unbranched alkanes of at least 4 members (excludes halogenated alkanes) is 6. The van der Waals surface area contributed by atoms with E-state index >= 15 is 0 Å². The van der Waals surface area contributed by atoms with Gasteiger partial charge in [0, 0.05) is 25.1 Å². The van der Waals surface area contributed by atoms with E-state index < -0.39 is 6.04 Å². The first-order valence-electron chi connectivity index (χ1n) is 12.3. The Bertz CT molecular complexity index is 686. The van der Waals surface area contributed by atoms with Crippen molar-refractivity contribution in [2.24, 2.45) is 5.92 Å². The smallest absolute Gasteiger partial charge is 0.251 e. The van der Waals surface area contributed by atoms with Gasteiger partial charge in [0.15, 0.2) is 0 Å². The van der Waals surface area contributed by atoms with Crippen molar-refractivity contribution in [1.29, 1.82) is 0 Å². The predicted octanol–water partition coefficient (Wildman–Crippen LogP) is 4.51. The SMILES string of the molecule is CCCCCCCCCC(=O)N[C@@H](CNC(=O)c1ccc(C)cc1)C(=O)NCCC(C)C. The number of hydrogen-bond acceptors (Lipinski definition) is 3. The number of carbonyl (C=O) groups excluding carboxylic acids is 3. The summed E-state index contributed by atoms with van der Waals surface area (Å²) in [5.74, 6) is -0.192. The molecule has 0 aliphatic rings. The average Bonchev–Trinajstić information content (AvgIpc) is 2.75. The number of benzene rings is 1. The summed E-state index contributed by atoms with van der Waals surface area (Å²) in [4.78, 5) is 37.5. The van der Waals surface area contributed by atoms with Crippen LogP contribution in [0.25, 0.3) is 0 Å². The van der Waals surface area contributed by atoms with E-state index in [4.69, 9.17) is 0 Å². The Labute approximate surface area is 194 Å². The minimum atomic E-state index is -0.784. The van der Waals surface area contributed by atoms with Gasteiger partial charge in [-0.3, -0.25) is 14.4 Å². The molecule has 0 bridgehead atoms. The topological polar surface area (TPSA) is 87.3 Å². The molecule has 0 radical (unpaired) electrons. The van der Waals surface area contributed by atoms with Crippen LogP contribution in [0.15, 0.2) is 24.3 Å². The van der Waals surface area contributed by atoms with Gasteiger partial charge in [-0.05, 0) is 37.8 Å². The third-order valence-electron chi connectivity index (χ3n) is 5.46. The van der Waals surface area contributed by atoms with Crippen LogP contribution >= 0.6 is 0 Å². The highest BCUT2D eigenvalue weighted by Gasteiger charge is 2.21. The lowest BCUT2D eigenvalue weighted by molar-refractivity contribution is -0.129. The molecule has 32 heavy (non-hydrogen) atoms. The van der Waals surface area contributed by atoms with Crippen LogP contribution in [0.4, 0.5) is 0 Å². The van der Waals surface area contributed by atoms with Gasteiger partial charge < -0.3 is 16.0 Å². The molecule has 0 heterocycles. The van der Waals surface area contributed by atoms with Gasteiger partial charge in [0.05, 0.1) is 0 Å². The van der Waals surface area contributed by atoms with E-state index in [0.717, 1.165) is 31.2 Å². The number of aryl methyl sites for hydroxylation is 1. The van der Waals surface area contributed by atoms with Crippen LogP contribution < -0.4 is 16.0 Å². The normalized spacial score (nSPS) is 11.8. The summed E-state index contributed by atoms with van der Waals surface area (Å²) >= 11 is 0. The van der Waals surface area contributed by atoms with Crippen molar-refractivity contribution < 1.29 is 14.4 Å². The van der Waals surface area contributed by atoms with Crippen molar-refractivity contribution >= 4 is 17.7 Å². The van der Waals surface area contributed by atoms with Gasteiger partial charge in [-0.2, -0.15) is 0 Å². The molecule has 3 amide bonds. The molecule has 0 aromatic heterocycles. The number of carbonyl (C=O) groups is 3. The van der Waals surface area contributed by atoms with Crippen LogP contribution in [0, 0.1) is 12.8 Å². The van der Waals surface area contributed by atoms with Crippen molar-refractivity contribution in [3.63, 3.8) is 0 Å². The number of nitrogens with one attached hydrogen (secondary N) is 3. The van der Waals surface area contributed by atoms with Gasteiger partial charge in [-0.1, -0.05) is 77.0 Å². The van der Waals surface area contributed by atoms with Crippen LogP contribution in [0.2, 0.25) is 0 Å². The first-order chi connectivity index (χ1) is 15.3. The summed E-state index contributed by atoms with van der Waals surface area (Å²) in [6.45, 7) is 8.95. The van der Waals surface area contributed by atoms with Crippen LogP contribution in [0.5, 0.6) is 0 Å². The highest BCUT2D eigenvalue weighted by Crippen LogP contribution is 2.08. The first-order valence-corrected chi connectivity index (χ1v) is 12.3. The molecule has 1 rings (SSSR count). The minimum absolute atomic E-state index is 0.0585. The zero-order chi connectivity index (χ0) is 23.8. The van der Waals surface area contributed by atoms with Gasteiger partial charge in [0.25, 0.3) is 5.91 Å². The number of amides is 3. The van der Waals surface area contributed by atoms with E-state index in [-0.39, 0.29) is 24.3 Å². The van der Waals surface area contributed by atoms with Crippen molar-refractivity contribution in [3.8, 4) is 0 Å². The number of rotatable bonds is 16. The van der Waals surface area contributed by atoms with Gasteiger partial charge in [0.2, 0.25) is 11.8 Å². The maximum absolute atomic E-state index is 12.7. The lowest BCUT2D eigenvalue weighted by atomic mass is 10.1. The molecule has 1 aromatic carbocycles. The fraction of sp³-hybridized carbons (Fsp3) is 0.654. The fourth-order valence-electron chi connectivity index (χ4n) is 3.33. The quantitative estimate of drug-likeness (QED) is 0.327. The first kappa shape index (κ1) is 27.7. The molecule has 0 spiro atoms. The van der Waals surface area contributed by atoms with Crippen molar-refractivity contribution in [3.05, 3.63) is 35.4 Å². The maximum Gasteiger partial charge on any atom is 0.251 e. The van der Waals surface area contributed by atoms with E-state index in [9.17, 15) is 14.4 Å². The third kappa shape index (κ3) is 12.5. The monoisotopic (exact) mass is 445 g/mol. The highest BCUT2D eigenvalue weighted by atomic mass is 16.2. The lowest BCUT2D eigenvalue weighted by Crippen LogP contribution is -2.52. The Morgan fingerprint density at radius 2 is 1.50 bits per heavy atom. The molecular formula is C26H43N3O3. The molecule has 1 aromatic rings. The zero-order valence-corrected chi connectivity index (χ0v) is 20.5. The Hall–Kier alpha value is -2.37. The summed E-state index contributed by atoms with van der Waals surface area (Å²) in [6, 6.07) is 6.46. The molecule has 0 unspecified atom stereocenters. The van der Waals surface area contributed by atoms with Crippen LogP contribution in [0.3, 0.4) is 0 Å². The zero-order valence-electron chi connectivity index (χ0n) is 20.5. The average molecular weight is 446 g/mol. The van der Waals surface area contributed by atoms with Crippen LogP contribution in [-0.2, 0) is 9.59 Å². The van der Waals surface area contributed by atoms with Gasteiger partial charge in [0.1, 0.15) is 6.04 Å². The number of hydrogen-bond donors (Lipinski definition) is 3. The van der Waals surface area contributed by atoms with Crippen LogP contribution in [-0.4, -0.2) is 36.9 Å². The lowest BCUT2D eigenvalue weighted by Gasteiger charge is -2.19. The van der Waals surface area contributed by atoms with E-state index in [2.05, 4.69) is 36.7 Å². The summed E-state index contributed by atoms with van der Waals surface area (Å²) in [6.07, 6.45) is 9.19. The summed E-state index contributed by atoms with van der Waals surface area (Å²) in [5, 5.41) is 8.48. The Morgan fingerprint density at radius 1 is 0.875 bits per heavy atom. The molecule has 6 heteroatoms. The van der Waals surface area contributed by atoms with Crippen molar-refractivity contribution in [2.75, 3.05) is 13.1 Å². The van der Waals surface area contributed by atoms with E-state index in [1.807, 2.05) is 19.1 Å². The van der Waals surface area contributed by atoms with Crippen molar-refractivity contribution in [2.45, 2.75) is 91.5 Å². The largest absolute Gasteiger partial charge is 0.354 e. The molecular weight excluding hydrogens is 402 g/mol.